The highest BCUT2D eigenvalue weighted by atomic mass is 35.5. The number of pyridine rings is 1. The van der Waals surface area contributed by atoms with Crippen LogP contribution in [0, 0.1) is 0 Å². The molecule has 0 radical (unpaired) electrons. The van der Waals surface area contributed by atoms with E-state index in [1.165, 1.54) is 0 Å². The first kappa shape index (κ1) is 82.3. The van der Waals surface area contributed by atoms with Gasteiger partial charge in [-0.3, -0.25) is 15.0 Å². The normalized spacial score (nSPS) is 13.3. The molecule has 0 bridgehead atoms. The van der Waals surface area contributed by atoms with Crippen molar-refractivity contribution in [1.82, 2.24) is 25.5 Å². The van der Waals surface area contributed by atoms with E-state index in [-0.39, 0.29) is 56.8 Å². The zero-order valence-corrected chi connectivity index (χ0v) is 58.1. The molecule has 3 amide bonds. The number of piperidine rings is 1. The second kappa shape index (κ2) is 47.7. The number of anilines is 1. The van der Waals surface area contributed by atoms with E-state index in [1.54, 1.807) is 26.8 Å². The molecule has 3 aromatic carbocycles. The highest BCUT2D eigenvalue weighted by Crippen LogP contribution is 2.38. The van der Waals surface area contributed by atoms with E-state index in [2.05, 4.69) is 21.5 Å². The van der Waals surface area contributed by atoms with Gasteiger partial charge in [0.2, 0.25) is 17.7 Å². The number of nitrogens with one attached hydrogen (secondary N) is 4. The molecule has 0 aliphatic carbocycles. The molecule has 5 rings (SSSR count). The summed E-state index contributed by atoms with van der Waals surface area (Å²) in [5.74, 6) is -0.374. The van der Waals surface area contributed by atoms with Crippen molar-refractivity contribution < 1.29 is 102 Å². The van der Waals surface area contributed by atoms with Crippen LogP contribution >= 0.6 is 23.2 Å². The van der Waals surface area contributed by atoms with Crippen LogP contribution in [-0.4, -0.2) is 238 Å². The zero-order chi connectivity index (χ0) is 69.8. The summed E-state index contributed by atoms with van der Waals surface area (Å²) in [6.45, 7) is 15.0. The Hall–Kier alpha value is -5.32. The minimum absolute atomic E-state index is 0.0730. The molecule has 1 aliphatic rings. The topological polar surface area (TPSA) is 279 Å². The number of nitrogens with zero attached hydrogens (tertiary/aromatic N) is 2. The van der Waals surface area contributed by atoms with Gasteiger partial charge >= 0.3 is 21.6 Å². The number of hydrazine groups is 1. The number of sulfonamides is 1. The predicted octanol–water partition coefficient (Wildman–Crippen LogP) is 8.65. The number of benzene rings is 3. The fourth-order valence-electron chi connectivity index (χ4n) is 9.35. The molecule has 0 atom stereocenters. The van der Waals surface area contributed by atoms with Crippen molar-refractivity contribution >= 4 is 67.7 Å². The lowest BCUT2D eigenvalue weighted by molar-refractivity contribution is -0.123. The van der Waals surface area contributed by atoms with E-state index in [0.29, 0.717) is 216 Å². The fourth-order valence-corrected chi connectivity index (χ4v) is 10.6. The molecule has 0 spiro atoms. The maximum Gasteiger partial charge on any atom is 0.511 e. The van der Waals surface area contributed by atoms with Gasteiger partial charge in [-0.2, -0.15) is 17.5 Å². The highest BCUT2D eigenvalue weighted by molar-refractivity contribution is 7.90. The Labute approximate surface area is 577 Å². The van der Waals surface area contributed by atoms with Gasteiger partial charge in [0.05, 0.1) is 177 Å². The third-order valence-corrected chi connectivity index (χ3v) is 16.3. The minimum Gasteiger partial charge on any atom is -0.478 e. The van der Waals surface area contributed by atoms with Crippen molar-refractivity contribution in [3.8, 4) is 5.88 Å². The van der Waals surface area contributed by atoms with E-state index in [0.717, 1.165) is 28.5 Å². The first-order valence-electron chi connectivity index (χ1n) is 32.7. The second-order valence-corrected chi connectivity index (χ2v) is 25.7. The van der Waals surface area contributed by atoms with Crippen LogP contribution in [0.1, 0.15) is 88.3 Å². The van der Waals surface area contributed by atoms with E-state index in [4.69, 9.17) is 94.5 Å². The van der Waals surface area contributed by atoms with Crippen LogP contribution < -0.4 is 26.2 Å². The maximum absolute atomic E-state index is 13.4. The largest absolute Gasteiger partial charge is 0.511 e. The SMILES string of the molecule is CC(C)(C)OC(=O)NNC(=O)CCOCCOCCOCCOCCOCCOCCOCCOCCOCCOCCOCCOCCNC(=O)CCCCCOc1cc(NC2CCN(S(=O)(=O)C(F)(F)F)CC2)c2cc(C(c3ccc(Cl)cc3)c3ccc(Cl)cc3)ccc2n1. The average Bonchev–Trinajstić information content (AvgIpc) is 0.788. The number of hydrogen-bond donors (Lipinski definition) is 4. The number of halogens is 5. The molecule has 1 aliphatic heterocycles. The highest BCUT2D eigenvalue weighted by Gasteiger charge is 2.50. The lowest BCUT2D eigenvalue weighted by Gasteiger charge is -2.32. The number of amides is 3. The molecule has 2 heterocycles. The van der Waals surface area contributed by atoms with Gasteiger partial charge in [0.15, 0.2) is 0 Å². The molecule has 4 N–H and O–H groups in total. The third kappa shape index (κ3) is 35.5. The van der Waals surface area contributed by atoms with E-state index in [9.17, 15) is 36.0 Å². The standard InChI is InChI=1S/C66H97Cl2F3N6O19S/c1-65(2,3)96-64(80)76-75-61(79)20-25-83-27-29-85-31-33-87-35-37-89-39-41-91-43-45-93-47-48-94-46-44-92-42-40-90-38-36-88-34-32-86-30-28-84-26-21-72-60(78)7-5-4-6-24-95-62-50-59(73-56-18-22-77(23-19-56)97(81,82)66(69,70)71)57-49-53(12-17-58(57)74-62)63(51-8-13-54(67)14-9-51)52-10-15-55(68)16-11-52/h8-17,49-50,56,63H,4-7,18-48H2,1-3H3,(H,72,78)(H,73,74)(H,75,79)(H,76,80). The van der Waals surface area contributed by atoms with Crippen molar-refractivity contribution in [2.45, 2.75) is 88.8 Å². The summed E-state index contributed by atoms with van der Waals surface area (Å²) in [7, 11) is -5.45. The molecule has 25 nitrogen and oxygen atoms in total. The van der Waals surface area contributed by atoms with Crippen molar-refractivity contribution in [1.29, 1.82) is 0 Å². The Balaban J connectivity index is 0.779. The van der Waals surface area contributed by atoms with Gasteiger partial charge in [-0.1, -0.05) is 53.5 Å². The van der Waals surface area contributed by atoms with Crippen LogP contribution in [0.5, 0.6) is 5.88 Å². The molecule has 1 aromatic heterocycles. The van der Waals surface area contributed by atoms with Gasteiger partial charge in [0.1, 0.15) is 5.60 Å². The molecule has 0 saturated carbocycles. The quantitative estimate of drug-likeness (QED) is 0.0183. The number of hydrogen-bond acceptors (Lipinski definition) is 21. The number of carbonyl (C=O) groups is 3. The van der Waals surface area contributed by atoms with Gasteiger partial charge in [0, 0.05) is 65.2 Å². The monoisotopic (exact) mass is 1440 g/mol. The van der Waals surface area contributed by atoms with Crippen molar-refractivity contribution in [2.24, 2.45) is 0 Å². The summed E-state index contributed by atoms with van der Waals surface area (Å²) in [4.78, 5) is 40.6. The molecule has 0 unspecified atom stereocenters. The lowest BCUT2D eigenvalue weighted by Crippen LogP contribution is -2.47. The van der Waals surface area contributed by atoms with Crippen LogP contribution in [0.3, 0.4) is 0 Å². The lowest BCUT2D eigenvalue weighted by atomic mass is 9.84. The van der Waals surface area contributed by atoms with Crippen LogP contribution in [-0.2, 0) is 81.2 Å². The summed E-state index contributed by atoms with van der Waals surface area (Å²) in [6.07, 6.45) is 1.97. The van der Waals surface area contributed by atoms with E-state index >= 15 is 0 Å². The van der Waals surface area contributed by atoms with Crippen LogP contribution in [0.25, 0.3) is 10.9 Å². The zero-order valence-electron chi connectivity index (χ0n) is 55.8. The van der Waals surface area contributed by atoms with Gasteiger partial charge < -0.3 is 76.9 Å². The van der Waals surface area contributed by atoms with Crippen LogP contribution in [0.15, 0.2) is 72.8 Å². The van der Waals surface area contributed by atoms with E-state index in [1.807, 2.05) is 66.7 Å². The van der Waals surface area contributed by atoms with Gasteiger partial charge in [-0.15, -0.1) is 0 Å². The smallest absolute Gasteiger partial charge is 0.478 e. The van der Waals surface area contributed by atoms with Crippen molar-refractivity contribution in [3.63, 3.8) is 0 Å². The van der Waals surface area contributed by atoms with Crippen molar-refractivity contribution in [2.75, 3.05) is 190 Å². The number of rotatable bonds is 52. The first-order chi connectivity index (χ1) is 46.8. The Bertz CT molecular complexity index is 2890. The summed E-state index contributed by atoms with van der Waals surface area (Å²) >= 11 is 12.6. The summed E-state index contributed by atoms with van der Waals surface area (Å²) < 4.78 is 142. The van der Waals surface area contributed by atoms with Gasteiger partial charge in [-0.05, 0) is 106 Å². The van der Waals surface area contributed by atoms with E-state index < -0.39 is 33.1 Å². The maximum atomic E-state index is 13.4. The number of ether oxygens (including phenoxy) is 14. The van der Waals surface area contributed by atoms with Crippen molar-refractivity contribution in [3.05, 3.63) is 99.5 Å². The molecule has 1 saturated heterocycles. The Morgan fingerprint density at radius 3 is 1.38 bits per heavy atom. The molecule has 31 heteroatoms. The van der Waals surface area contributed by atoms with Gasteiger partial charge in [-0.25, -0.2) is 23.6 Å². The summed E-state index contributed by atoms with van der Waals surface area (Å²) in [5, 5.41) is 8.29. The third-order valence-electron chi connectivity index (χ3n) is 14.1. The summed E-state index contributed by atoms with van der Waals surface area (Å²) in [5.41, 5.74) is 2.54. The molecule has 97 heavy (non-hydrogen) atoms. The number of carbonyl (C=O) groups excluding carboxylic acids is 3. The Morgan fingerprint density at radius 1 is 0.526 bits per heavy atom. The minimum atomic E-state index is -5.45. The van der Waals surface area contributed by atoms with Crippen LogP contribution in [0.4, 0.5) is 23.7 Å². The fraction of sp³-hybridized carbons (Fsp3) is 0.636. The second-order valence-electron chi connectivity index (χ2n) is 22.9. The summed E-state index contributed by atoms with van der Waals surface area (Å²) in [6, 6.07) is 22.5. The average molecular weight is 1440 g/mol. The Morgan fingerprint density at radius 2 is 0.948 bits per heavy atom. The number of aromatic nitrogens is 1. The predicted molar refractivity (Wildman–Crippen MR) is 358 cm³/mol. The molecule has 4 aromatic rings. The first-order valence-corrected chi connectivity index (χ1v) is 34.9. The number of alkyl halides is 3. The Kier molecular flexibility index (Phi) is 40.5. The number of unbranched alkanes of at least 4 members (excludes halogenated alkanes) is 2. The number of fused-ring (bicyclic) bond motifs is 1. The van der Waals surface area contributed by atoms with Crippen LogP contribution in [0.2, 0.25) is 10.0 Å². The molecular weight excluding hydrogens is 1340 g/mol. The van der Waals surface area contributed by atoms with Gasteiger partial charge in [0.25, 0.3) is 0 Å². The molecule has 1 fully saturated rings. The molecule has 546 valence electrons. The molecular formula is C66H97Cl2F3N6O19S.